The molecule has 0 unspecified atom stereocenters. The lowest BCUT2D eigenvalue weighted by atomic mass is 10.3. The number of nitrogens with two attached hydrogens (primary N) is 1. The SMILES string of the molecule is NCc1cncc(-c2ccccn2)n1. The number of nitrogens with zero attached hydrogens (tertiary/aromatic N) is 3. The van der Waals surface area contributed by atoms with E-state index in [0.29, 0.717) is 6.54 Å². The van der Waals surface area contributed by atoms with Crippen LogP contribution in [-0.2, 0) is 6.54 Å². The fourth-order valence-corrected chi connectivity index (χ4v) is 1.14. The molecule has 0 aliphatic rings. The summed E-state index contributed by atoms with van der Waals surface area (Å²) in [6.45, 7) is 0.397. The van der Waals surface area contributed by atoms with Gasteiger partial charge in [-0.1, -0.05) is 6.07 Å². The van der Waals surface area contributed by atoms with Gasteiger partial charge in [0.1, 0.15) is 5.69 Å². The molecule has 0 aliphatic heterocycles. The molecule has 0 aliphatic carbocycles. The normalized spacial score (nSPS) is 10.1. The minimum atomic E-state index is 0.397. The van der Waals surface area contributed by atoms with Gasteiger partial charge >= 0.3 is 0 Å². The maximum atomic E-state index is 5.47. The van der Waals surface area contributed by atoms with Crippen LogP contribution in [0.3, 0.4) is 0 Å². The summed E-state index contributed by atoms with van der Waals surface area (Å²) in [5, 5.41) is 0. The highest BCUT2D eigenvalue weighted by Crippen LogP contribution is 2.11. The second kappa shape index (κ2) is 3.93. The third-order valence-electron chi connectivity index (χ3n) is 1.82. The van der Waals surface area contributed by atoms with E-state index >= 15 is 0 Å². The molecule has 0 aromatic carbocycles. The van der Waals surface area contributed by atoms with E-state index in [2.05, 4.69) is 15.0 Å². The van der Waals surface area contributed by atoms with Gasteiger partial charge in [-0.2, -0.15) is 0 Å². The van der Waals surface area contributed by atoms with Crippen LogP contribution in [0.25, 0.3) is 11.4 Å². The summed E-state index contributed by atoms with van der Waals surface area (Å²) in [7, 11) is 0. The van der Waals surface area contributed by atoms with Gasteiger partial charge in [0.25, 0.3) is 0 Å². The van der Waals surface area contributed by atoms with Crippen molar-refractivity contribution >= 4 is 0 Å². The molecule has 2 aromatic rings. The third kappa shape index (κ3) is 1.75. The van der Waals surface area contributed by atoms with E-state index < -0.39 is 0 Å². The first-order valence-corrected chi connectivity index (χ1v) is 4.32. The molecular weight excluding hydrogens is 176 g/mol. The van der Waals surface area contributed by atoms with E-state index in [1.165, 1.54) is 0 Å². The number of pyridine rings is 1. The summed E-state index contributed by atoms with van der Waals surface area (Å²) in [6.07, 6.45) is 5.07. The Balaban J connectivity index is 2.42. The Morgan fingerprint density at radius 2 is 2.07 bits per heavy atom. The number of rotatable bonds is 2. The molecule has 2 heterocycles. The van der Waals surface area contributed by atoms with Gasteiger partial charge in [-0.05, 0) is 12.1 Å². The van der Waals surface area contributed by atoms with Gasteiger partial charge in [-0.25, -0.2) is 4.98 Å². The molecule has 0 fully saturated rings. The smallest absolute Gasteiger partial charge is 0.107 e. The molecule has 0 bridgehead atoms. The highest BCUT2D eigenvalue weighted by Gasteiger charge is 2.00. The molecule has 0 radical (unpaired) electrons. The van der Waals surface area contributed by atoms with E-state index in [-0.39, 0.29) is 0 Å². The Morgan fingerprint density at radius 3 is 2.79 bits per heavy atom. The molecule has 4 heteroatoms. The third-order valence-corrected chi connectivity index (χ3v) is 1.82. The summed E-state index contributed by atoms with van der Waals surface area (Å²) >= 11 is 0. The fraction of sp³-hybridized carbons (Fsp3) is 0.100. The molecule has 14 heavy (non-hydrogen) atoms. The van der Waals surface area contributed by atoms with Crippen LogP contribution in [0.2, 0.25) is 0 Å². The number of hydrogen-bond acceptors (Lipinski definition) is 4. The van der Waals surface area contributed by atoms with Crippen molar-refractivity contribution in [3.05, 3.63) is 42.5 Å². The maximum Gasteiger partial charge on any atom is 0.107 e. The monoisotopic (exact) mass is 186 g/mol. The topological polar surface area (TPSA) is 64.7 Å². The Hall–Kier alpha value is -1.81. The van der Waals surface area contributed by atoms with Crippen LogP contribution in [0.15, 0.2) is 36.8 Å². The minimum absolute atomic E-state index is 0.397. The second-order valence-corrected chi connectivity index (χ2v) is 2.81. The predicted molar refractivity (Wildman–Crippen MR) is 53.2 cm³/mol. The molecule has 2 N–H and O–H groups in total. The van der Waals surface area contributed by atoms with Gasteiger partial charge in [-0.15, -0.1) is 0 Å². The Labute approximate surface area is 81.9 Å². The van der Waals surface area contributed by atoms with Crippen molar-refractivity contribution < 1.29 is 0 Å². The molecule has 70 valence electrons. The molecule has 0 saturated carbocycles. The van der Waals surface area contributed by atoms with Crippen molar-refractivity contribution in [3.8, 4) is 11.4 Å². The van der Waals surface area contributed by atoms with E-state index in [0.717, 1.165) is 17.1 Å². The van der Waals surface area contributed by atoms with Crippen LogP contribution in [0.1, 0.15) is 5.69 Å². The standard InChI is InChI=1S/C10H10N4/c11-5-8-6-12-7-10(14-8)9-3-1-2-4-13-9/h1-4,6-7H,5,11H2. The zero-order chi connectivity index (χ0) is 9.80. The van der Waals surface area contributed by atoms with Crippen molar-refractivity contribution in [2.24, 2.45) is 5.73 Å². The Bertz CT molecular complexity index is 413. The highest BCUT2D eigenvalue weighted by atomic mass is 14.8. The molecule has 0 atom stereocenters. The average molecular weight is 186 g/mol. The molecule has 4 nitrogen and oxygen atoms in total. The zero-order valence-corrected chi connectivity index (χ0v) is 7.59. The Morgan fingerprint density at radius 1 is 1.14 bits per heavy atom. The van der Waals surface area contributed by atoms with Crippen LogP contribution < -0.4 is 5.73 Å². The summed E-state index contributed by atoms with van der Waals surface area (Å²) in [4.78, 5) is 12.5. The molecule has 2 rings (SSSR count). The summed E-state index contributed by atoms with van der Waals surface area (Å²) < 4.78 is 0. The van der Waals surface area contributed by atoms with Crippen LogP contribution in [0.4, 0.5) is 0 Å². The predicted octanol–water partition coefficient (Wildman–Crippen LogP) is 0.997. The van der Waals surface area contributed by atoms with Crippen LogP contribution >= 0.6 is 0 Å². The van der Waals surface area contributed by atoms with Crippen LogP contribution in [0, 0.1) is 0 Å². The average Bonchev–Trinajstić information content (AvgIpc) is 2.30. The number of hydrogen-bond donors (Lipinski definition) is 1. The van der Waals surface area contributed by atoms with Gasteiger partial charge in [0.15, 0.2) is 0 Å². The van der Waals surface area contributed by atoms with Crippen molar-refractivity contribution in [3.63, 3.8) is 0 Å². The van der Waals surface area contributed by atoms with Gasteiger partial charge in [0, 0.05) is 18.9 Å². The lowest BCUT2D eigenvalue weighted by molar-refractivity contribution is 0.964. The maximum absolute atomic E-state index is 5.47. The molecule has 0 saturated heterocycles. The van der Waals surface area contributed by atoms with Crippen molar-refractivity contribution in [2.45, 2.75) is 6.54 Å². The summed E-state index contributed by atoms with van der Waals surface area (Å²) in [5.41, 5.74) is 7.82. The first-order valence-electron chi connectivity index (χ1n) is 4.32. The quantitative estimate of drug-likeness (QED) is 0.759. The van der Waals surface area contributed by atoms with Gasteiger partial charge in [0.05, 0.1) is 17.6 Å². The molecule has 0 amide bonds. The zero-order valence-electron chi connectivity index (χ0n) is 7.59. The lowest BCUT2D eigenvalue weighted by Gasteiger charge is -2.00. The highest BCUT2D eigenvalue weighted by molar-refractivity contribution is 5.52. The van der Waals surface area contributed by atoms with E-state index in [1.54, 1.807) is 18.6 Å². The second-order valence-electron chi connectivity index (χ2n) is 2.81. The molecule has 2 aromatic heterocycles. The van der Waals surface area contributed by atoms with Crippen molar-refractivity contribution in [1.82, 2.24) is 15.0 Å². The van der Waals surface area contributed by atoms with E-state index in [1.807, 2.05) is 18.2 Å². The van der Waals surface area contributed by atoms with E-state index in [4.69, 9.17) is 5.73 Å². The first-order chi connectivity index (χ1) is 6.90. The first kappa shape index (κ1) is 8.77. The van der Waals surface area contributed by atoms with E-state index in [9.17, 15) is 0 Å². The lowest BCUT2D eigenvalue weighted by Crippen LogP contribution is -2.01. The molecule has 0 spiro atoms. The fourth-order valence-electron chi connectivity index (χ4n) is 1.14. The van der Waals surface area contributed by atoms with Gasteiger partial charge in [0.2, 0.25) is 0 Å². The van der Waals surface area contributed by atoms with Gasteiger partial charge in [-0.3, -0.25) is 9.97 Å². The number of aromatic nitrogens is 3. The summed E-state index contributed by atoms with van der Waals surface area (Å²) in [5.74, 6) is 0. The van der Waals surface area contributed by atoms with Crippen LogP contribution in [0.5, 0.6) is 0 Å². The Kier molecular flexibility index (Phi) is 2.46. The van der Waals surface area contributed by atoms with Crippen molar-refractivity contribution in [2.75, 3.05) is 0 Å². The van der Waals surface area contributed by atoms with Crippen molar-refractivity contribution in [1.29, 1.82) is 0 Å². The van der Waals surface area contributed by atoms with Gasteiger partial charge < -0.3 is 5.73 Å². The van der Waals surface area contributed by atoms with Crippen LogP contribution in [-0.4, -0.2) is 15.0 Å². The largest absolute Gasteiger partial charge is 0.325 e. The minimum Gasteiger partial charge on any atom is -0.325 e. The molecular formula is C10H10N4. The summed E-state index contributed by atoms with van der Waals surface area (Å²) in [6, 6.07) is 5.67.